The zero-order valence-corrected chi connectivity index (χ0v) is 11.4. The molecule has 0 amide bonds. The first-order chi connectivity index (χ1) is 9.20. The molecule has 0 radical (unpaired) electrons. The Labute approximate surface area is 113 Å². The summed E-state index contributed by atoms with van der Waals surface area (Å²) in [6.45, 7) is 5.06. The fraction of sp³-hybridized carbons (Fsp3) is 0.312. The van der Waals surface area contributed by atoms with Gasteiger partial charge in [-0.1, -0.05) is 36.8 Å². The number of rotatable bonds is 5. The van der Waals surface area contributed by atoms with Crippen molar-refractivity contribution in [1.82, 2.24) is 10.3 Å². The molecule has 2 nitrogen and oxygen atoms in total. The van der Waals surface area contributed by atoms with Gasteiger partial charge in [0.25, 0.3) is 0 Å². The number of nitrogens with zero attached hydrogens (tertiary/aromatic N) is 1. The predicted molar refractivity (Wildman–Crippen MR) is 75.5 cm³/mol. The van der Waals surface area contributed by atoms with E-state index in [0.29, 0.717) is 0 Å². The van der Waals surface area contributed by atoms with Crippen LogP contribution in [-0.4, -0.2) is 11.5 Å². The highest BCUT2D eigenvalue weighted by molar-refractivity contribution is 5.32. The highest BCUT2D eigenvalue weighted by Gasteiger charge is 2.14. The van der Waals surface area contributed by atoms with Crippen LogP contribution in [0.4, 0.5) is 4.39 Å². The number of hydrogen-bond acceptors (Lipinski definition) is 2. The molecule has 0 bridgehead atoms. The topological polar surface area (TPSA) is 24.9 Å². The molecule has 100 valence electrons. The quantitative estimate of drug-likeness (QED) is 0.886. The van der Waals surface area contributed by atoms with Crippen molar-refractivity contribution < 1.29 is 4.39 Å². The average molecular weight is 258 g/mol. The molecule has 1 heterocycles. The standard InChI is InChI=1S/C16H19FN2/c1-3-8-19-16(13-6-4-12(2)5-7-13)14-9-15(17)11-18-10-14/h4-7,9-11,16,19H,3,8H2,1-2H3. The lowest BCUT2D eigenvalue weighted by Crippen LogP contribution is -2.23. The van der Waals surface area contributed by atoms with Crippen LogP contribution in [0.25, 0.3) is 0 Å². The van der Waals surface area contributed by atoms with E-state index in [0.717, 1.165) is 24.1 Å². The van der Waals surface area contributed by atoms with Crippen molar-refractivity contribution >= 4 is 0 Å². The van der Waals surface area contributed by atoms with E-state index in [4.69, 9.17) is 0 Å². The summed E-state index contributed by atoms with van der Waals surface area (Å²) >= 11 is 0. The molecule has 0 fully saturated rings. The van der Waals surface area contributed by atoms with Crippen molar-refractivity contribution in [2.75, 3.05) is 6.54 Å². The Hall–Kier alpha value is -1.74. The van der Waals surface area contributed by atoms with E-state index in [9.17, 15) is 4.39 Å². The SMILES string of the molecule is CCCNC(c1ccc(C)cc1)c1cncc(F)c1. The summed E-state index contributed by atoms with van der Waals surface area (Å²) in [7, 11) is 0. The second-order valence-corrected chi connectivity index (χ2v) is 4.73. The molecule has 0 aliphatic rings. The number of benzene rings is 1. The molecule has 1 unspecified atom stereocenters. The molecule has 2 aromatic rings. The number of nitrogens with one attached hydrogen (secondary N) is 1. The monoisotopic (exact) mass is 258 g/mol. The van der Waals surface area contributed by atoms with Gasteiger partial charge >= 0.3 is 0 Å². The fourth-order valence-electron chi connectivity index (χ4n) is 2.06. The van der Waals surface area contributed by atoms with Gasteiger partial charge in [0.05, 0.1) is 12.2 Å². The van der Waals surface area contributed by atoms with Crippen LogP contribution in [0.15, 0.2) is 42.7 Å². The van der Waals surface area contributed by atoms with Crippen LogP contribution in [-0.2, 0) is 0 Å². The maximum Gasteiger partial charge on any atom is 0.141 e. The summed E-state index contributed by atoms with van der Waals surface area (Å²) in [5.41, 5.74) is 3.21. The van der Waals surface area contributed by atoms with E-state index in [1.54, 1.807) is 12.3 Å². The van der Waals surface area contributed by atoms with Gasteiger partial charge in [-0.05, 0) is 37.1 Å². The van der Waals surface area contributed by atoms with E-state index in [2.05, 4.69) is 48.4 Å². The summed E-state index contributed by atoms with van der Waals surface area (Å²) < 4.78 is 13.3. The van der Waals surface area contributed by atoms with Crippen molar-refractivity contribution in [1.29, 1.82) is 0 Å². The lowest BCUT2D eigenvalue weighted by molar-refractivity contribution is 0.580. The molecular formula is C16H19FN2. The third kappa shape index (κ3) is 3.61. The van der Waals surface area contributed by atoms with Crippen LogP contribution in [0.2, 0.25) is 0 Å². The van der Waals surface area contributed by atoms with Crippen molar-refractivity contribution in [2.24, 2.45) is 0 Å². The molecule has 1 aromatic heterocycles. The molecular weight excluding hydrogens is 239 g/mol. The van der Waals surface area contributed by atoms with E-state index in [-0.39, 0.29) is 11.9 Å². The van der Waals surface area contributed by atoms with Crippen LogP contribution >= 0.6 is 0 Å². The van der Waals surface area contributed by atoms with Crippen molar-refractivity contribution in [3.8, 4) is 0 Å². The van der Waals surface area contributed by atoms with Crippen molar-refractivity contribution in [3.63, 3.8) is 0 Å². The summed E-state index contributed by atoms with van der Waals surface area (Å²) in [6.07, 6.45) is 3.98. The number of hydrogen-bond donors (Lipinski definition) is 1. The Bertz CT molecular complexity index is 523. The molecule has 0 aliphatic carbocycles. The summed E-state index contributed by atoms with van der Waals surface area (Å²) in [4.78, 5) is 3.94. The Morgan fingerprint density at radius 1 is 1.16 bits per heavy atom. The highest BCUT2D eigenvalue weighted by atomic mass is 19.1. The second kappa shape index (κ2) is 6.43. The van der Waals surface area contributed by atoms with Crippen LogP contribution in [0, 0.1) is 12.7 Å². The van der Waals surface area contributed by atoms with Crippen molar-refractivity contribution in [3.05, 3.63) is 65.2 Å². The van der Waals surface area contributed by atoms with Crippen LogP contribution in [0.1, 0.15) is 36.1 Å². The van der Waals surface area contributed by atoms with Crippen LogP contribution in [0.3, 0.4) is 0 Å². The maximum absolute atomic E-state index is 13.3. The van der Waals surface area contributed by atoms with E-state index >= 15 is 0 Å². The van der Waals surface area contributed by atoms with Gasteiger partial charge in [-0.25, -0.2) is 4.39 Å². The number of aryl methyl sites for hydroxylation is 1. The number of aromatic nitrogens is 1. The molecule has 1 atom stereocenters. The molecule has 2 rings (SSSR count). The minimum Gasteiger partial charge on any atom is -0.306 e. The van der Waals surface area contributed by atoms with Crippen molar-refractivity contribution in [2.45, 2.75) is 26.3 Å². The molecule has 1 aromatic carbocycles. The molecule has 0 aliphatic heterocycles. The van der Waals surface area contributed by atoms with Crippen LogP contribution < -0.4 is 5.32 Å². The molecule has 3 heteroatoms. The number of halogens is 1. The largest absolute Gasteiger partial charge is 0.306 e. The minimum atomic E-state index is -0.298. The van der Waals surface area contributed by atoms with E-state index < -0.39 is 0 Å². The van der Waals surface area contributed by atoms with E-state index in [1.165, 1.54) is 11.8 Å². The highest BCUT2D eigenvalue weighted by Crippen LogP contribution is 2.22. The molecule has 19 heavy (non-hydrogen) atoms. The minimum absolute atomic E-state index is 0.0104. The van der Waals surface area contributed by atoms with Gasteiger partial charge in [-0.3, -0.25) is 4.98 Å². The van der Waals surface area contributed by atoms with Gasteiger partial charge in [0.15, 0.2) is 0 Å². The Balaban J connectivity index is 2.32. The van der Waals surface area contributed by atoms with Crippen LogP contribution in [0.5, 0.6) is 0 Å². The van der Waals surface area contributed by atoms with Gasteiger partial charge < -0.3 is 5.32 Å². The smallest absolute Gasteiger partial charge is 0.141 e. The number of pyridine rings is 1. The molecule has 1 N–H and O–H groups in total. The fourth-order valence-corrected chi connectivity index (χ4v) is 2.06. The lowest BCUT2D eigenvalue weighted by atomic mass is 9.99. The molecule has 0 saturated carbocycles. The van der Waals surface area contributed by atoms with Gasteiger partial charge in [0, 0.05) is 6.20 Å². The predicted octanol–water partition coefficient (Wildman–Crippen LogP) is 3.62. The average Bonchev–Trinajstić information content (AvgIpc) is 2.41. The summed E-state index contributed by atoms with van der Waals surface area (Å²) in [5, 5.41) is 3.44. The normalized spacial score (nSPS) is 12.4. The molecule has 0 saturated heterocycles. The third-order valence-corrected chi connectivity index (χ3v) is 3.07. The Morgan fingerprint density at radius 3 is 2.53 bits per heavy atom. The van der Waals surface area contributed by atoms with Gasteiger partial charge in [-0.2, -0.15) is 0 Å². The van der Waals surface area contributed by atoms with E-state index in [1.807, 2.05) is 0 Å². The summed E-state index contributed by atoms with van der Waals surface area (Å²) in [5.74, 6) is -0.298. The zero-order valence-electron chi connectivity index (χ0n) is 11.4. The lowest BCUT2D eigenvalue weighted by Gasteiger charge is -2.19. The third-order valence-electron chi connectivity index (χ3n) is 3.07. The zero-order chi connectivity index (χ0) is 13.7. The molecule has 0 spiro atoms. The Kier molecular flexibility index (Phi) is 4.63. The maximum atomic E-state index is 13.3. The Morgan fingerprint density at radius 2 is 1.89 bits per heavy atom. The summed E-state index contributed by atoms with van der Waals surface area (Å²) in [6, 6.07) is 9.83. The first-order valence-corrected chi connectivity index (χ1v) is 6.61. The van der Waals surface area contributed by atoms with Gasteiger partial charge in [0.2, 0.25) is 0 Å². The van der Waals surface area contributed by atoms with Gasteiger partial charge in [-0.15, -0.1) is 0 Å². The van der Waals surface area contributed by atoms with Gasteiger partial charge in [0.1, 0.15) is 5.82 Å². The first-order valence-electron chi connectivity index (χ1n) is 6.61. The first kappa shape index (κ1) is 13.7. The second-order valence-electron chi connectivity index (χ2n) is 4.73.